The zero-order chi connectivity index (χ0) is 14.7. The lowest BCUT2D eigenvalue weighted by molar-refractivity contribution is -0.123. The van der Waals surface area contributed by atoms with Gasteiger partial charge in [-0.2, -0.15) is 0 Å². The maximum absolute atomic E-state index is 11.9. The average molecular weight is 285 g/mol. The molecule has 1 saturated carbocycles. The maximum atomic E-state index is 11.9. The van der Waals surface area contributed by atoms with E-state index in [0.717, 1.165) is 18.2 Å². The minimum absolute atomic E-state index is 0.00604. The summed E-state index contributed by atoms with van der Waals surface area (Å²) in [5.74, 6) is 0.504. The molecule has 1 amide bonds. The van der Waals surface area contributed by atoms with E-state index in [1.54, 1.807) is 18.3 Å². The molecule has 110 valence electrons. The Morgan fingerprint density at radius 2 is 2.14 bits per heavy atom. The van der Waals surface area contributed by atoms with Gasteiger partial charge in [-0.1, -0.05) is 12.8 Å². The highest BCUT2D eigenvalue weighted by Gasteiger charge is 2.17. The van der Waals surface area contributed by atoms with Gasteiger partial charge in [0.15, 0.2) is 6.61 Å². The van der Waals surface area contributed by atoms with E-state index in [-0.39, 0.29) is 12.5 Å². The fourth-order valence-corrected chi connectivity index (χ4v) is 2.77. The summed E-state index contributed by atoms with van der Waals surface area (Å²) in [6.07, 6.45) is 6.21. The quantitative estimate of drug-likeness (QED) is 0.845. The molecule has 0 aliphatic heterocycles. The Hall–Kier alpha value is -2.30. The zero-order valence-corrected chi connectivity index (χ0v) is 11.8. The molecule has 1 heterocycles. The van der Waals surface area contributed by atoms with Crippen molar-refractivity contribution in [1.82, 2.24) is 10.3 Å². The number of benzene rings is 1. The average Bonchev–Trinajstić information content (AvgIpc) is 3.00. The van der Waals surface area contributed by atoms with Crippen LogP contribution in [0.5, 0.6) is 5.75 Å². The van der Waals surface area contributed by atoms with Crippen LogP contribution in [0.4, 0.5) is 5.69 Å². The molecular weight excluding hydrogens is 266 g/mol. The molecule has 0 unspecified atom stereocenters. The van der Waals surface area contributed by atoms with E-state index in [1.165, 1.54) is 12.8 Å². The molecule has 0 atom stereocenters. The lowest BCUT2D eigenvalue weighted by Gasteiger charge is -2.13. The third-order valence-corrected chi connectivity index (χ3v) is 3.85. The molecule has 0 saturated heterocycles. The number of nitrogens with two attached hydrogens (primary N) is 1. The predicted octanol–water partition coefficient (Wildman–Crippen LogP) is 2.25. The van der Waals surface area contributed by atoms with Crippen LogP contribution >= 0.6 is 0 Å². The Morgan fingerprint density at radius 1 is 1.33 bits per heavy atom. The molecule has 1 fully saturated rings. The fourth-order valence-electron chi connectivity index (χ4n) is 2.77. The van der Waals surface area contributed by atoms with E-state index in [9.17, 15) is 4.79 Å². The van der Waals surface area contributed by atoms with Crippen molar-refractivity contribution < 1.29 is 9.53 Å². The number of nitrogens with zero attached hydrogens (tertiary/aromatic N) is 1. The molecule has 21 heavy (non-hydrogen) atoms. The minimum atomic E-state index is -0.0807. The van der Waals surface area contributed by atoms with Crippen LogP contribution in [0.3, 0.4) is 0 Å². The largest absolute Gasteiger partial charge is 0.481 e. The molecule has 0 bridgehead atoms. The summed E-state index contributed by atoms with van der Waals surface area (Å²) in [4.78, 5) is 16.2. The van der Waals surface area contributed by atoms with E-state index >= 15 is 0 Å². The third-order valence-electron chi connectivity index (χ3n) is 3.85. The number of pyridine rings is 1. The highest BCUT2D eigenvalue weighted by atomic mass is 16.5. The second-order valence-electron chi connectivity index (χ2n) is 5.39. The first kappa shape index (κ1) is 13.7. The van der Waals surface area contributed by atoms with Gasteiger partial charge in [0.25, 0.3) is 5.91 Å². The highest BCUT2D eigenvalue weighted by Crippen LogP contribution is 2.28. The van der Waals surface area contributed by atoms with Crippen LogP contribution in [0.1, 0.15) is 25.7 Å². The first-order valence-electron chi connectivity index (χ1n) is 7.29. The molecular formula is C16H19N3O2. The summed E-state index contributed by atoms with van der Waals surface area (Å²) >= 11 is 0. The Labute approximate surface area is 123 Å². The molecule has 1 aromatic heterocycles. The number of nitrogen functional groups attached to an aromatic ring is 1. The van der Waals surface area contributed by atoms with Gasteiger partial charge in [0.05, 0.1) is 0 Å². The van der Waals surface area contributed by atoms with Gasteiger partial charge in [0.1, 0.15) is 11.3 Å². The number of carbonyl (C=O) groups excluding carboxylic acids is 1. The summed E-state index contributed by atoms with van der Waals surface area (Å²) in [5, 5.41) is 3.84. The molecule has 1 aliphatic rings. The maximum Gasteiger partial charge on any atom is 0.258 e. The number of fused-ring (bicyclic) bond motifs is 1. The first-order valence-corrected chi connectivity index (χ1v) is 7.29. The van der Waals surface area contributed by atoms with Gasteiger partial charge < -0.3 is 15.8 Å². The number of aromatic nitrogens is 1. The van der Waals surface area contributed by atoms with Gasteiger partial charge in [-0.3, -0.25) is 9.78 Å². The number of hydrogen-bond acceptors (Lipinski definition) is 4. The lowest BCUT2D eigenvalue weighted by atomic mass is 10.2. The Balaban J connectivity index is 1.67. The third kappa shape index (κ3) is 3.07. The van der Waals surface area contributed by atoms with Gasteiger partial charge in [-0.25, -0.2) is 0 Å². The monoisotopic (exact) mass is 285 g/mol. The molecule has 0 radical (unpaired) electrons. The van der Waals surface area contributed by atoms with Crippen LogP contribution < -0.4 is 15.8 Å². The molecule has 0 spiro atoms. The second-order valence-corrected chi connectivity index (χ2v) is 5.39. The van der Waals surface area contributed by atoms with Crippen molar-refractivity contribution in [2.24, 2.45) is 0 Å². The molecule has 3 N–H and O–H groups in total. The topological polar surface area (TPSA) is 77.2 Å². The Morgan fingerprint density at radius 3 is 2.95 bits per heavy atom. The van der Waals surface area contributed by atoms with Crippen LogP contribution in [-0.2, 0) is 4.79 Å². The van der Waals surface area contributed by atoms with Crippen molar-refractivity contribution in [3.63, 3.8) is 0 Å². The number of carbonyl (C=O) groups is 1. The van der Waals surface area contributed by atoms with E-state index < -0.39 is 0 Å². The van der Waals surface area contributed by atoms with E-state index in [1.807, 2.05) is 12.1 Å². The van der Waals surface area contributed by atoms with E-state index in [0.29, 0.717) is 23.0 Å². The van der Waals surface area contributed by atoms with Crippen molar-refractivity contribution in [1.29, 1.82) is 0 Å². The number of nitrogens with one attached hydrogen (secondary N) is 1. The number of hydrogen-bond donors (Lipinski definition) is 2. The van der Waals surface area contributed by atoms with Gasteiger partial charge >= 0.3 is 0 Å². The summed E-state index contributed by atoms with van der Waals surface area (Å²) in [6.45, 7) is 0.00604. The zero-order valence-electron chi connectivity index (χ0n) is 11.8. The van der Waals surface area contributed by atoms with E-state index in [4.69, 9.17) is 10.5 Å². The molecule has 5 nitrogen and oxygen atoms in total. The lowest BCUT2D eigenvalue weighted by Crippen LogP contribution is -2.36. The van der Waals surface area contributed by atoms with Crippen LogP contribution in [0.25, 0.3) is 10.9 Å². The fraction of sp³-hybridized carbons (Fsp3) is 0.375. The van der Waals surface area contributed by atoms with Crippen molar-refractivity contribution in [3.05, 3.63) is 30.5 Å². The SMILES string of the molecule is Nc1ccc(OCC(=O)NC2CCCC2)c2ncccc12. The van der Waals surface area contributed by atoms with Gasteiger partial charge in [0.2, 0.25) is 0 Å². The van der Waals surface area contributed by atoms with Crippen LogP contribution in [0.15, 0.2) is 30.5 Å². The van der Waals surface area contributed by atoms with Crippen molar-refractivity contribution in [2.45, 2.75) is 31.7 Å². The Kier molecular flexibility index (Phi) is 3.90. The number of anilines is 1. The molecule has 2 aromatic rings. The van der Waals surface area contributed by atoms with Crippen LogP contribution in [0.2, 0.25) is 0 Å². The minimum Gasteiger partial charge on any atom is -0.481 e. The number of rotatable bonds is 4. The predicted molar refractivity (Wildman–Crippen MR) is 82.0 cm³/mol. The summed E-state index contributed by atoms with van der Waals surface area (Å²) < 4.78 is 5.62. The van der Waals surface area contributed by atoms with Crippen molar-refractivity contribution in [2.75, 3.05) is 12.3 Å². The number of ether oxygens (including phenoxy) is 1. The number of amides is 1. The molecule has 1 aromatic carbocycles. The van der Waals surface area contributed by atoms with Gasteiger partial charge in [0, 0.05) is 23.3 Å². The van der Waals surface area contributed by atoms with Crippen LogP contribution in [0, 0.1) is 0 Å². The molecule has 1 aliphatic carbocycles. The van der Waals surface area contributed by atoms with Crippen LogP contribution in [-0.4, -0.2) is 23.5 Å². The van der Waals surface area contributed by atoms with E-state index in [2.05, 4.69) is 10.3 Å². The van der Waals surface area contributed by atoms with Crippen molar-refractivity contribution in [3.8, 4) is 5.75 Å². The normalized spacial score (nSPS) is 15.2. The molecule has 5 heteroatoms. The van der Waals surface area contributed by atoms with Gasteiger partial charge in [-0.15, -0.1) is 0 Å². The molecule has 3 rings (SSSR count). The summed E-state index contributed by atoms with van der Waals surface area (Å²) in [5.41, 5.74) is 7.25. The second kappa shape index (κ2) is 5.99. The summed E-state index contributed by atoms with van der Waals surface area (Å²) in [7, 11) is 0. The summed E-state index contributed by atoms with van der Waals surface area (Å²) in [6, 6.07) is 7.56. The van der Waals surface area contributed by atoms with Crippen molar-refractivity contribution >= 4 is 22.5 Å². The Bertz CT molecular complexity index is 651. The smallest absolute Gasteiger partial charge is 0.258 e. The van der Waals surface area contributed by atoms with Gasteiger partial charge in [-0.05, 0) is 37.1 Å². The first-order chi connectivity index (χ1) is 10.2. The highest BCUT2D eigenvalue weighted by molar-refractivity contribution is 5.94. The standard InChI is InChI=1S/C16H19N3O2/c17-13-7-8-14(16-12(13)6-3-9-18-16)21-10-15(20)19-11-4-1-2-5-11/h3,6-9,11H,1-2,4-5,10,17H2,(H,19,20).